The molecule has 7 atom stereocenters. The van der Waals surface area contributed by atoms with Gasteiger partial charge in [0, 0.05) is 24.5 Å². The van der Waals surface area contributed by atoms with Crippen LogP contribution >= 0.6 is 27.5 Å². The third kappa shape index (κ3) is 5.24. The molecule has 43 heavy (non-hydrogen) atoms. The predicted octanol–water partition coefficient (Wildman–Crippen LogP) is 4.77. The predicted molar refractivity (Wildman–Crippen MR) is 170 cm³/mol. The minimum absolute atomic E-state index is 0.129. The molecule has 3 amide bonds. The number of carbonyl (C=O) groups is 3. The summed E-state index contributed by atoms with van der Waals surface area (Å²) >= 11 is 10.3. The fourth-order valence-electron chi connectivity index (χ4n) is 7.18. The maximum Gasteiger partial charge on any atom is 0.253 e. The van der Waals surface area contributed by atoms with Crippen LogP contribution in [0.3, 0.4) is 0 Å². The van der Waals surface area contributed by atoms with Gasteiger partial charge in [-0.25, -0.2) is 0 Å². The molecule has 0 aromatic heterocycles. The second-order valence-corrected chi connectivity index (χ2v) is 12.9. The van der Waals surface area contributed by atoms with Crippen LogP contribution in [0.1, 0.15) is 31.4 Å². The quantitative estimate of drug-likeness (QED) is 0.260. The number of rotatable bonds is 12. The van der Waals surface area contributed by atoms with E-state index in [1.165, 1.54) is 9.80 Å². The molecular formula is C33H37BrClN3O5. The summed E-state index contributed by atoms with van der Waals surface area (Å²) in [5.74, 6) is -2.71. The van der Waals surface area contributed by atoms with Crippen LogP contribution in [0.25, 0.3) is 0 Å². The van der Waals surface area contributed by atoms with E-state index in [2.05, 4.69) is 29.1 Å². The number of nitrogens with zero attached hydrogens (tertiary/aromatic N) is 3. The van der Waals surface area contributed by atoms with Crippen LogP contribution < -0.4 is 4.90 Å². The third-order valence-electron chi connectivity index (χ3n) is 8.81. The summed E-state index contributed by atoms with van der Waals surface area (Å²) in [5.41, 5.74) is -0.160. The normalized spacial score (nSPS) is 28.0. The summed E-state index contributed by atoms with van der Waals surface area (Å²) in [6, 6.07) is 14.1. The second-order valence-electron chi connectivity index (χ2n) is 11.3. The van der Waals surface area contributed by atoms with Gasteiger partial charge in [-0.3, -0.25) is 14.4 Å². The van der Waals surface area contributed by atoms with E-state index in [0.717, 1.165) is 6.42 Å². The summed E-state index contributed by atoms with van der Waals surface area (Å²) in [5, 5.41) is 11.1. The van der Waals surface area contributed by atoms with Crippen LogP contribution in [0.2, 0.25) is 5.02 Å². The second kappa shape index (κ2) is 12.9. The Morgan fingerprint density at radius 1 is 1.14 bits per heavy atom. The molecule has 0 radical (unpaired) electrons. The molecule has 3 fully saturated rings. The first-order valence-electron chi connectivity index (χ1n) is 14.6. The highest BCUT2D eigenvalue weighted by molar-refractivity contribution is 9.09. The Bertz CT molecular complexity index is 1390. The Labute approximate surface area is 266 Å². The monoisotopic (exact) mass is 669 g/mol. The zero-order valence-electron chi connectivity index (χ0n) is 24.1. The number of hydrogen-bond acceptors (Lipinski definition) is 5. The van der Waals surface area contributed by atoms with Crippen molar-refractivity contribution in [3.8, 4) is 0 Å². The van der Waals surface area contributed by atoms with Crippen molar-refractivity contribution in [3.63, 3.8) is 0 Å². The lowest BCUT2D eigenvalue weighted by molar-refractivity contribution is -0.147. The molecule has 2 bridgehead atoms. The summed E-state index contributed by atoms with van der Waals surface area (Å²) in [4.78, 5) is 48.2. The van der Waals surface area contributed by atoms with E-state index >= 15 is 0 Å². The SMILES string of the molecule is C=CCN(CCC)C(=O)[C@H]1[C@@H]2OC3(CC2Br)C(C(=O)N(CC=C)c2ccccc2Cl)N([C@H](CO)c2ccccc2)C(=O)[C@H]13. The number of benzene rings is 2. The number of hydrogen-bond donors (Lipinski definition) is 1. The van der Waals surface area contributed by atoms with E-state index in [9.17, 15) is 19.5 Å². The van der Waals surface area contributed by atoms with E-state index in [1.807, 2.05) is 37.3 Å². The van der Waals surface area contributed by atoms with Gasteiger partial charge in [0.1, 0.15) is 11.6 Å². The Hall–Kier alpha value is -2.98. The molecule has 1 N–H and O–H groups in total. The van der Waals surface area contributed by atoms with Crippen LogP contribution in [-0.4, -0.2) is 81.4 Å². The summed E-state index contributed by atoms with van der Waals surface area (Å²) in [7, 11) is 0. The van der Waals surface area contributed by atoms with Crippen molar-refractivity contribution >= 4 is 50.9 Å². The molecule has 3 aliphatic rings. The number of likely N-dealkylation sites (tertiary alicyclic amines) is 1. The molecule has 2 aromatic carbocycles. The lowest BCUT2D eigenvalue weighted by Gasteiger charge is -2.39. The fraction of sp³-hybridized carbons (Fsp3) is 0.424. The molecule has 0 saturated carbocycles. The van der Waals surface area contributed by atoms with Gasteiger partial charge in [0.05, 0.1) is 41.3 Å². The zero-order chi connectivity index (χ0) is 30.9. The van der Waals surface area contributed by atoms with Gasteiger partial charge in [-0.15, -0.1) is 13.2 Å². The van der Waals surface area contributed by atoms with Crippen LogP contribution in [0.4, 0.5) is 5.69 Å². The van der Waals surface area contributed by atoms with Crippen molar-refractivity contribution in [1.29, 1.82) is 0 Å². The van der Waals surface area contributed by atoms with Crippen LogP contribution in [0.5, 0.6) is 0 Å². The summed E-state index contributed by atoms with van der Waals surface area (Å²) in [6.45, 7) is 10.2. The van der Waals surface area contributed by atoms with Crippen LogP contribution in [-0.2, 0) is 19.1 Å². The number of anilines is 1. The van der Waals surface area contributed by atoms with Gasteiger partial charge in [-0.05, 0) is 30.5 Å². The van der Waals surface area contributed by atoms with Crippen molar-refractivity contribution in [2.75, 3.05) is 31.1 Å². The van der Waals surface area contributed by atoms with Crippen molar-refractivity contribution in [2.45, 2.75) is 48.4 Å². The third-order valence-corrected chi connectivity index (χ3v) is 9.98. The molecule has 1 spiro atoms. The molecule has 3 saturated heterocycles. The van der Waals surface area contributed by atoms with Crippen LogP contribution in [0.15, 0.2) is 79.9 Å². The topological polar surface area (TPSA) is 90.4 Å². The number of amides is 3. The number of alkyl halides is 1. The van der Waals surface area contributed by atoms with Gasteiger partial charge in [-0.1, -0.05) is 89.1 Å². The first-order valence-corrected chi connectivity index (χ1v) is 15.9. The molecule has 0 aliphatic carbocycles. The lowest BCUT2D eigenvalue weighted by atomic mass is 9.70. The van der Waals surface area contributed by atoms with Gasteiger partial charge in [0.2, 0.25) is 11.8 Å². The number of aliphatic hydroxyl groups excluding tert-OH is 1. The first kappa shape index (κ1) is 31.4. The van der Waals surface area contributed by atoms with Crippen molar-refractivity contribution in [1.82, 2.24) is 9.80 Å². The highest BCUT2D eigenvalue weighted by Gasteiger charge is 2.77. The zero-order valence-corrected chi connectivity index (χ0v) is 26.5. The first-order chi connectivity index (χ1) is 20.7. The molecule has 2 aromatic rings. The Kier molecular flexibility index (Phi) is 9.46. The van der Waals surface area contributed by atoms with Crippen molar-refractivity contribution in [2.24, 2.45) is 11.8 Å². The van der Waals surface area contributed by atoms with E-state index in [1.54, 1.807) is 41.3 Å². The van der Waals surface area contributed by atoms with Gasteiger partial charge in [-0.2, -0.15) is 0 Å². The number of fused-ring (bicyclic) bond motifs is 1. The van der Waals surface area contributed by atoms with Crippen LogP contribution in [0, 0.1) is 11.8 Å². The molecule has 5 rings (SSSR count). The molecule has 228 valence electrons. The Morgan fingerprint density at radius 3 is 2.44 bits per heavy atom. The van der Waals surface area contributed by atoms with E-state index in [-0.39, 0.29) is 23.2 Å². The summed E-state index contributed by atoms with van der Waals surface area (Å²) in [6.07, 6.45) is 3.76. The molecule has 3 unspecified atom stereocenters. The van der Waals surface area contributed by atoms with E-state index < -0.39 is 48.1 Å². The number of para-hydroxylation sites is 1. The van der Waals surface area contributed by atoms with Crippen molar-refractivity contribution < 1.29 is 24.2 Å². The van der Waals surface area contributed by atoms with Crippen molar-refractivity contribution in [3.05, 3.63) is 90.5 Å². The van der Waals surface area contributed by atoms with E-state index in [0.29, 0.717) is 35.8 Å². The van der Waals surface area contributed by atoms with Gasteiger partial charge < -0.3 is 24.5 Å². The maximum atomic E-state index is 14.9. The average molecular weight is 671 g/mol. The minimum atomic E-state index is -1.30. The lowest BCUT2D eigenvalue weighted by Crippen LogP contribution is -2.58. The molecule has 8 nitrogen and oxygen atoms in total. The number of aliphatic hydroxyl groups is 1. The number of halogens is 2. The largest absolute Gasteiger partial charge is 0.394 e. The van der Waals surface area contributed by atoms with E-state index in [4.69, 9.17) is 16.3 Å². The van der Waals surface area contributed by atoms with Gasteiger partial charge in [0.25, 0.3) is 5.91 Å². The Morgan fingerprint density at radius 2 is 1.81 bits per heavy atom. The maximum absolute atomic E-state index is 14.9. The highest BCUT2D eigenvalue weighted by Crippen LogP contribution is 2.61. The Balaban J connectivity index is 1.67. The molecule has 3 heterocycles. The standard InChI is InChI=1S/C33H37BrClN3O5/c1-4-16-36(17-5-2)30(40)26-27-31(41)38(25(20-39)21-12-8-7-9-13-21)29(33(27)19-22(34)28(26)43-33)32(42)37(18-6-3)24-15-11-10-14-23(24)35/h4,6-15,22,25-29,39H,1,3,5,16-20H2,2H3/t22?,25-,26-,27+,28-,29?,33?/m1/s1. The summed E-state index contributed by atoms with van der Waals surface area (Å²) < 4.78 is 6.73. The number of ether oxygens (including phenoxy) is 1. The fourth-order valence-corrected chi connectivity index (χ4v) is 8.36. The highest BCUT2D eigenvalue weighted by atomic mass is 79.9. The molecule has 3 aliphatic heterocycles. The molecular weight excluding hydrogens is 634 g/mol. The minimum Gasteiger partial charge on any atom is -0.394 e. The number of carbonyl (C=O) groups excluding carboxylic acids is 3. The van der Waals surface area contributed by atoms with Gasteiger partial charge >= 0.3 is 0 Å². The average Bonchev–Trinajstić information content (AvgIpc) is 3.60. The molecule has 10 heteroatoms. The van der Waals surface area contributed by atoms with Gasteiger partial charge in [0.15, 0.2) is 0 Å². The smallest absolute Gasteiger partial charge is 0.253 e.